The van der Waals surface area contributed by atoms with E-state index in [1.165, 1.54) is 12.1 Å². The van der Waals surface area contributed by atoms with Crippen molar-refractivity contribution in [1.29, 1.82) is 0 Å². The zero-order valence-electron chi connectivity index (χ0n) is 20.4. The maximum absolute atomic E-state index is 12.7. The van der Waals surface area contributed by atoms with Crippen LogP contribution in [0.1, 0.15) is 59.9 Å². The molecular weight excluding hydrogens is 448 g/mol. The van der Waals surface area contributed by atoms with E-state index >= 15 is 0 Å². The van der Waals surface area contributed by atoms with E-state index < -0.39 is 39.3 Å². The number of hydrogen-bond donors (Lipinski definition) is 4. The number of aliphatic carboxylic acids is 1. The van der Waals surface area contributed by atoms with Crippen molar-refractivity contribution in [3.8, 4) is 0 Å². The lowest BCUT2D eigenvalue weighted by Gasteiger charge is -2.24. The highest BCUT2D eigenvalue weighted by molar-refractivity contribution is 7.90. The quantitative estimate of drug-likeness (QED) is 0.252. The van der Waals surface area contributed by atoms with Gasteiger partial charge in [-0.15, -0.1) is 0 Å². The molecule has 1 aromatic rings. The molecule has 1 aromatic carbocycles. The predicted octanol–water partition coefficient (Wildman–Crippen LogP) is 2.78. The molecule has 0 bridgehead atoms. The summed E-state index contributed by atoms with van der Waals surface area (Å²) in [7, 11) is -3.86. The van der Waals surface area contributed by atoms with Crippen LogP contribution in [0.15, 0.2) is 34.2 Å². The summed E-state index contributed by atoms with van der Waals surface area (Å²) in [6, 6.07) is 5.26. The van der Waals surface area contributed by atoms with Crippen molar-refractivity contribution in [3.05, 3.63) is 29.8 Å². The zero-order valence-corrected chi connectivity index (χ0v) is 21.2. The van der Waals surface area contributed by atoms with Gasteiger partial charge in [-0.3, -0.25) is 4.99 Å². The van der Waals surface area contributed by atoms with Crippen LogP contribution < -0.4 is 15.4 Å². The Bertz CT molecular complexity index is 945. The second-order valence-electron chi connectivity index (χ2n) is 9.70. The van der Waals surface area contributed by atoms with E-state index in [0.717, 1.165) is 5.56 Å². The highest BCUT2D eigenvalue weighted by atomic mass is 32.2. The number of carbonyl (C=O) groups excluding carboxylic acids is 1. The maximum atomic E-state index is 12.7. The van der Waals surface area contributed by atoms with Crippen LogP contribution in [0.3, 0.4) is 0 Å². The average molecular weight is 485 g/mol. The summed E-state index contributed by atoms with van der Waals surface area (Å²) in [5, 5.41) is 14.7. The number of nitrogens with one attached hydrogen (secondary N) is 3. The Morgan fingerprint density at radius 3 is 2.15 bits per heavy atom. The van der Waals surface area contributed by atoms with Crippen LogP contribution in [0, 0.1) is 6.92 Å². The smallest absolute Gasteiger partial charge is 0.408 e. The fraction of sp³-hybridized carbons (Fsp3) is 0.591. The number of carboxylic acids is 1. The van der Waals surface area contributed by atoms with Crippen LogP contribution in [0.2, 0.25) is 0 Å². The number of carboxylic acid groups (broad SMARTS) is 1. The van der Waals surface area contributed by atoms with Crippen LogP contribution in [-0.4, -0.2) is 55.3 Å². The molecule has 0 fully saturated rings. The molecule has 0 heterocycles. The van der Waals surface area contributed by atoms with Gasteiger partial charge in [-0.2, -0.15) is 0 Å². The number of carbonyl (C=O) groups is 2. The summed E-state index contributed by atoms with van der Waals surface area (Å²) in [6.45, 7) is 12.6. The van der Waals surface area contributed by atoms with Crippen LogP contribution in [0.25, 0.3) is 0 Å². The Balaban J connectivity index is 2.85. The molecule has 0 aromatic heterocycles. The molecule has 10 nitrogen and oxygen atoms in total. The number of benzene rings is 1. The lowest BCUT2D eigenvalue weighted by atomic mass is 10.1. The molecule has 0 spiro atoms. The van der Waals surface area contributed by atoms with E-state index in [4.69, 9.17) is 4.74 Å². The van der Waals surface area contributed by atoms with Gasteiger partial charge >= 0.3 is 12.1 Å². The molecule has 0 aliphatic carbocycles. The van der Waals surface area contributed by atoms with Gasteiger partial charge in [0.1, 0.15) is 11.6 Å². The van der Waals surface area contributed by atoms with Gasteiger partial charge in [0.25, 0.3) is 10.0 Å². The van der Waals surface area contributed by atoms with Crippen molar-refractivity contribution >= 4 is 28.0 Å². The zero-order chi connectivity index (χ0) is 25.4. The monoisotopic (exact) mass is 484 g/mol. The number of nitrogens with zero attached hydrogens (tertiary/aromatic N) is 1. The van der Waals surface area contributed by atoms with Crippen molar-refractivity contribution in [2.75, 3.05) is 6.54 Å². The fourth-order valence-corrected chi connectivity index (χ4v) is 3.53. The number of amides is 1. The van der Waals surface area contributed by atoms with Crippen molar-refractivity contribution in [3.63, 3.8) is 0 Å². The largest absolute Gasteiger partial charge is 0.480 e. The van der Waals surface area contributed by atoms with Crippen molar-refractivity contribution in [2.45, 2.75) is 83.4 Å². The number of aliphatic imine (C=N–C) groups is 1. The molecule has 0 aliphatic heterocycles. The summed E-state index contributed by atoms with van der Waals surface area (Å²) in [5.41, 5.74) is -0.292. The Morgan fingerprint density at radius 2 is 1.67 bits per heavy atom. The third-order valence-corrected chi connectivity index (χ3v) is 5.32. The minimum atomic E-state index is -3.86. The van der Waals surface area contributed by atoms with E-state index in [2.05, 4.69) is 20.3 Å². The normalized spacial score (nSPS) is 13.7. The second kappa shape index (κ2) is 11.4. The predicted molar refractivity (Wildman–Crippen MR) is 127 cm³/mol. The first kappa shape index (κ1) is 28.2. The molecule has 0 saturated heterocycles. The van der Waals surface area contributed by atoms with Crippen molar-refractivity contribution < 1.29 is 27.9 Å². The Hall–Kier alpha value is -2.82. The van der Waals surface area contributed by atoms with E-state index in [0.29, 0.717) is 0 Å². The number of ether oxygens (including phenoxy) is 1. The van der Waals surface area contributed by atoms with Gasteiger partial charge in [-0.25, -0.2) is 22.7 Å². The molecule has 1 atom stereocenters. The SMILES string of the molecule is Cc1ccc(S(=O)(=O)NC(=NCCC[C@H](NC(=O)OC(C)(C)C)C(=O)O)NC(C)(C)C)cc1. The average Bonchev–Trinajstić information content (AvgIpc) is 2.61. The number of sulfonamides is 1. The molecule has 186 valence electrons. The highest BCUT2D eigenvalue weighted by Crippen LogP contribution is 2.11. The summed E-state index contributed by atoms with van der Waals surface area (Å²) >= 11 is 0. The standard InChI is InChI=1S/C22H36N4O6S/c1-15-10-12-16(13-11-15)33(30,31)26-19(25-21(2,3)4)23-14-8-9-17(18(27)28)24-20(29)32-22(5,6)7/h10-13,17H,8-9,14H2,1-7H3,(H,24,29)(H,27,28)(H2,23,25,26)/t17-/m0/s1. The van der Waals surface area contributed by atoms with Crippen molar-refractivity contribution in [1.82, 2.24) is 15.4 Å². The molecule has 1 amide bonds. The Labute approximate surface area is 196 Å². The van der Waals surface area contributed by atoms with E-state index in [-0.39, 0.29) is 30.2 Å². The van der Waals surface area contributed by atoms with Crippen LogP contribution in [0.5, 0.6) is 0 Å². The third kappa shape index (κ3) is 11.6. The van der Waals surface area contributed by atoms with E-state index in [1.807, 2.05) is 27.7 Å². The third-order valence-electron chi connectivity index (χ3n) is 3.97. The lowest BCUT2D eigenvalue weighted by molar-refractivity contribution is -0.139. The first-order valence-electron chi connectivity index (χ1n) is 10.6. The molecule has 0 radical (unpaired) electrons. The summed E-state index contributed by atoms with van der Waals surface area (Å²) in [5.74, 6) is -1.15. The summed E-state index contributed by atoms with van der Waals surface area (Å²) in [6.07, 6.45) is -0.445. The summed E-state index contributed by atoms with van der Waals surface area (Å²) in [4.78, 5) is 27.7. The molecular formula is C22H36N4O6S. The molecule has 11 heteroatoms. The van der Waals surface area contributed by atoms with Crippen LogP contribution in [-0.2, 0) is 19.6 Å². The Kier molecular flexibility index (Phi) is 9.71. The van der Waals surface area contributed by atoms with Crippen LogP contribution in [0.4, 0.5) is 4.79 Å². The van der Waals surface area contributed by atoms with E-state index in [9.17, 15) is 23.1 Å². The van der Waals surface area contributed by atoms with Gasteiger partial charge in [-0.05, 0) is 73.4 Å². The van der Waals surface area contributed by atoms with Gasteiger partial charge in [0.05, 0.1) is 4.90 Å². The summed E-state index contributed by atoms with van der Waals surface area (Å²) < 4.78 is 33.0. The van der Waals surface area contributed by atoms with Gasteiger partial charge in [0, 0.05) is 12.1 Å². The fourth-order valence-electron chi connectivity index (χ4n) is 2.55. The highest BCUT2D eigenvalue weighted by Gasteiger charge is 2.24. The molecule has 0 saturated carbocycles. The molecule has 4 N–H and O–H groups in total. The minimum absolute atomic E-state index is 0.0510. The lowest BCUT2D eigenvalue weighted by Crippen LogP contribution is -2.49. The molecule has 33 heavy (non-hydrogen) atoms. The van der Waals surface area contributed by atoms with Gasteiger partial charge in [0.15, 0.2) is 0 Å². The van der Waals surface area contributed by atoms with Gasteiger partial charge in [0.2, 0.25) is 5.96 Å². The first-order valence-corrected chi connectivity index (χ1v) is 12.1. The molecule has 0 aliphatic rings. The number of guanidine groups is 1. The topological polar surface area (TPSA) is 146 Å². The number of hydrogen-bond acceptors (Lipinski definition) is 6. The number of aryl methyl sites for hydroxylation is 1. The minimum Gasteiger partial charge on any atom is -0.480 e. The van der Waals surface area contributed by atoms with Crippen LogP contribution >= 0.6 is 0 Å². The van der Waals surface area contributed by atoms with Gasteiger partial charge in [-0.1, -0.05) is 17.7 Å². The number of alkyl carbamates (subject to hydrolysis) is 1. The van der Waals surface area contributed by atoms with Gasteiger partial charge < -0.3 is 20.5 Å². The first-order chi connectivity index (χ1) is 15.0. The Morgan fingerprint density at radius 1 is 1.09 bits per heavy atom. The second-order valence-corrected chi connectivity index (χ2v) is 11.4. The molecule has 1 rings (SSSR count). The molecule has 0 unspecified atom stereocenters. The maximum Gasteiger partial charge on any atom is 0.408 e. The van der Waals surface area contributed by atoms with Crippen molar-refractivity contribution in [2.24, 2.45) is 4.99 Å². The number of rotatable bonds is 8. The van der Waals surface area contributed by atoms with E-state index in [1.54, 1.807) is 32.9 Å².